The van der Waals surface area contributed by atoms with E-state index in [1.54, 1.807) is 0 Å². The summed E-state index contributed by atoms with van der Waals surface area (Å²) < 4.78 is 0. The Bertz CT molecular complexity index is 328. The summed E-state index contributed by atoms with van der Waals surface area (Å²) in [6.45, 7) is 4.61. The molecule has 0 heterocycles. The van der Waals surface area contributed by atoms with E-state index in [2.05, 4.69) is 13.8 Å². The van der Waals surface area contributed by atoms with E-state index >= 15 is 0 Å². The van der Waals surface area contributed by atoms with Crippen LogP contribution in [-0.4, -0.2) is 29.2 Å². The first-order valence-corrected chi connectivity index (χ1v) is 8.44. The molecular weight excluding hydrogens is 252 g/mol. The largest absolute Gasteiger partial charge is 0.396 e. The number of carbonyl (C=O) groups is 1. The summed E-state index contributed by atoms with van der Waals surface area (Å²) >= 11 is 0. The molecule has 2 aliphatic rings. The molecule has 6 atom stereocenters. The van der Waals surface area contributed by atoms with Gasteiger partial charge < -0.3 is 10.2 Å². The minimum Gasteiger partial charge on any atom is -0.396 e. The van der Waals surface area contributed by atoms with E-state index in [0.717, 1.165) is 32.1 Å². The molecule has 0 saturated heterocycles. The van der Waals surface area contributed by atoms with Crippen molar-refractivity contribution in [2.24, 2.45) is 35.5 Å². The lowest BCUT2D eigenvalue weighted by atomic mass is 9.78. The average molecular weight is 282 g/mol. The summed E-state index contributed by atoms with van der Waals surface area (Å²) in [5.41, 5.74) is 0. The van der Waals surface area contributed by atoms with E-state index in [1.807, 2.05) is 0 Å². The van der Waals surface area contributed by atoms with E-state index in [0.29, 0.717) is 17.6 Å². The first kappa shape index (κ1) is 16.0. The Labute approximate surface area is 122 Å². The quantitative estimate of drug-likeness (QED) is 0.754. The topological polar surface area (TPSA) is 57.5 Å². The molecule has 0 unspecified atom stereocenters. The molecule has 0 aromatic rings. The Morgan fingerprint density at radius 3 is 2.30 bits per heavy atom. The molecule has 0 bridgehead atoms. The maximum Gasteiger partial charge on any atom is 0.139 e. The predicted octanol–water partition coefficient (Wildman–Crippen LogP) is 2.64. The second kappa shape index (κ2) is 7.04. The smallest absolute Gasteiger partial charge is 0.139 e. The van der Waals surface area contributed by atoms with Gasteiger partial charge in [-0.05, 0) is 42.9 Å². The van der Waals surface area contributed by atoms with Gasteiger partial charge in [-0.3, -0.25) is 4.79 Å². The van der Waals surface area contributed by atoms with Crippen LogP contribution in [0.3, 0.4) is 0 Å². The van der Waals surface area contributed by atoms with E-state index in [4.69, 9.17) is 0 Å². The highest BCUT2D eigenvalue weighted by Crippen LogP contribution is 2.56. The fourth-order valence-electron chi connectivity index (χ4n) is 4.95. The number of fused-ring (bicyclic) bond motifs is 1. The Morgan fingerprint density at radius 2 is 1.75 bits per heavy atom. The molecule has 2 aliphatic carbocycles. The lowest BCUT2D eigenvalue weighted by molar-refractivity contribution is -0.126. The highest BCUT2D eigenvalue weighted by atomic mass is 16.3. The predicted molar refractivity (Wildman–Crippen MR) is 79.2 cm³/mol. The van der Waals surface area contributed by atoms with E-state index < -0.39 is 0 Å². The van der Waals surface area contributed by atoms with E-state index in [1.165, 1.54) is 6.42 Å². The van der Waals surface area contributed by atoms with Crippen LogP contribution in [0.2, 0.25) is 0 Å². The van der Waals surface area contributed by atoms with Crippen LogP contribution in [0, 0.1) is 35.5 Å². The minimum atomic E-state index is 0.0237. The molecular formula is C17H30O3. The van der Waals surface area contributed by atoms with Crippen molar-refractivity contribution in [3.63, 3.8) is 0 Å². The van der Waals surface area contributed by atoms with Gasteiger partial charge in [-0.1, -0.05) is 33.1 Å². The van der Waals surface area contributed by atoms with Gasteiger partial charge in [0.2, 0.25) is 0 Å². The third-order valence-electron chi connectivity index (χ3n) is 5.74. The number of carbonyl (C=O) groups excluding carboxylic acids is 1. The zero-order chi connectivity index (χ0) is 14.7. The average Bonchev–Trinajstić information content (AvgIpc) is 2.95. The summed E-state index contributed by atoms with van der Waals surface area (Å²) in [4.78, 5) is 12.8. The Morgan fingerprint density at radius 1 is 1.05 bits per heavy atom. The normalized spacial score (nSPS) is 40.3. The van der Waals surface area contributed by atoms with Crippen LogP contribution in [0.5, 0.6) is 0 Å². The third-order valence-corrected chi connectivity index (χ3v) is 5.74. The van der Waals surface area contributed by atoms with Crippen LogP contribution in [0.25, 0.3) is 0 Å². The standard InChI is InChI=1S/C17H30O3/c1-3-5-7-13-14(6-4-2)17(20)16-12(10-19)8-11(9-18)15(13)16/h11-16,18-19H,3-10H2,1-2H3/t11-,12+,13-,14-,15+,16+/m0/s1. The molecule has 0 radical (unpaired) electrons. The highest BCUT2D eigenvalue weighted by Gasteiger charge is 2.57. The molecule has 2 fully saturated rings. The first-order chi connectivity index (χ1) is 9.69. The van der Waals surface area contributed by atoms with Crippen LogP contribution in [0.1, 0.15) is 52.4 Å². The Balaban J connectivity index is 2.23. The summed E-state index contributed by atoms with van der Waals surface area (Å²) in [6.07, 6.45) is 6.30. The van der Waals surface area contributed by atoms with Gasteiger partial charge in [0.05, 0.1) is 0 Å². The second-order valence-corrected chi connectivity index (χ2v) is 6.83. The molecule has 3 nitrogen and oxygen atoms in total. The van der Waals surface area contributed by atoms with Crippen molar-refractivity contribution in [1.82, 2.24) is 0 Å². The molecule has 0 aromatic heterocycles. The number of aliphatic hydroxyl groups excluding tert-OH is 2. The van der Waals surface area contributed by atoms with Gasteiger partial charge in [-0.15, -0.1) is 0 Å². The summed E-state index contributed by atoms with van der Waals surface area (Å²) in [5, 5.41) is 19.3. The molecule has 2 rings (SSSR count). The van der Waals surface area contributed by atoms with E-state index in [-0.39, 0.29) is 36.9 Å². The van der Waals surface area contributed by atoms with Gasteiger partial charge >= 0.3 is 0 Å². The Hall–Kier alpha value is -0.410. The zero-order valence-electron chi connectivity index (χ0n) is 12.9. The number of aliphatic hydroxyl groups is 2. The van der Waals surface area contributed by atoms with Gasteiger partial charge in [0.1, 0.15) is 5.78 Å². The van der Waals surface area contributed by atoms with Gasteiger partial charge in [0.15, 0.2) is 0 Å². The van der Waals surface area contributed by atoms with Gasteiger partial charge in [0.25, 0.3) is 0 Å². The van der Waals surface area contributed by atoms with Crippen molar-refractivity contribution in [1.29, 1.82) is 0 Å². The molecule has 2 saturated carbocycles. The zero-order valence-corrected chi connectivity index (χ0v) is 12.9. The SMILES string of the molecule is CCCC[C@@H]1[C@H]2[C@H](CO)C[C@H](CO)[C@H]2C(=O)[C@H]1CCC. The van der Waals surface area contributed by atoms with Gasteiger partial charge in [-0.25, -0.2) is 0 Å². The molecule has 0 aliphatic heterocycles. The third kappa shape index (κ3) is 2.67. The van der Waals surface area contributed by atoms with Crippen molar-refractivity contribution >= 4 is 5.78 Å². The Kier molecular flexibility index (Phi) is 5.62. The summed E-state index contributed by atoms with van der Waals surface area (Å²) in [6, 6.07) is 0. The maximum absolute atomic E-state index is 12.8. The van der Waals surface area contributed by atoms with Crippen LogP contribution >= 0.6 is 0 Å². The highest BCUT2D eigenvalue weighted by molar-refractivity contribution is 5.87. The number of rotatable bonds is 7. The monoisotopic (exact) mass is 282 g/mol. The molecule has 0 spiro atoms. The molecule has 0 aromatic carbocycles. The summed E-state index contributed by atoms with van der Waals surface area (Å²) in [7, 11) is 0. The minimum absolute atomic E-state index is 0.0237. The van der Waals surface area contributed by atoms with Crippen molar-refractivity contribution in [2.75, 3.05) is 13.2 Å². The maximum atomic E-state index is 12.8. The van der Waals surface area contributed by atoms with Crippen LogP contribution in [0.4, 0.5) is 0 Å². The number of unbranched alkanes of at least 4 members (excludes halogenated alkanes) is 1. The number of hydrogen-bond donors (Lipinski definition) is 2. The van der Waals surface area contributed by atoms with Crippen LogP contribution < -0.4 is 0 Å². The first-order valence-electron chi connectivity index (χ1n) is 8.44. The van der Waals surface area contributed by atoms with Crippen molar-refractivity contribution in [3.8, 4) is 0 Å². The van der Waals surface area contributed by atoms with Crippen LogP contribution in [-0.2, 0) is 4.79 Å². The molecule has 20 heavy (non-hydrogen) atoms. The van der Waals surface area contributed by atoms with Gasteiger partial charge in [-0.2, -0.15) is 0 Å². The molecule has 116 valence electrons. The van der Waals surface area contributed by atoms with Crippen LogP contribution in [0.15, 0.2) is 0 Å². The molecule has 0 amide bonds. The number of Topliss-reactive ketones (excluding diaryl/α,β-unsaturated/α-hetero) is 1. The lowest BCUT2D eigenvalue weighted by Crippen LogP contribution is -2.24. The fourth-order valence-corrected chi connectivity index (χ4v) is 4.95. The lowest BCUT2D eigenvalue weighted by Gasteiger charge is -2.27. The van der Waals surface area contributed by atoms with Crippen molar-refractivity contribution in [3.05, 3.63) is 0 Å². The molecule has 2 N–H and O–H groups in total. The van der Waals surface area contributed by atoms with Gasteiger partial charge in [0, 0.05) is 25.0 Å². The number of ketones is 1. The second-order valence-electron chi connectivity index (χ2n) is 6.83. The van der Waals surface area contributed by atoms with E-state index in [9.17, 15) is 15.0 Å². The number of hydrogen-bond acceptors (Lipinski definition) is 3. The summed E-state index contributed by atoms with van der Waals surface area (Å²) in [5.74, 6) is 1.70. The molecule has 3 heteroatoms. The van der Waals surface area contributed by atoms with Crippen molar-refractivity contribution in [2.45, 2.75) is 52.4 Å². The van der Waals surface area contributed by atoms with Crippen molar-refractivity contribution < 1.29 is 15.0 Å². The fraction of sp³-hybridized carbons (Fsp3) is 0.941.